The van der Waals surface area contributed by atoms with Gasteiger partial charge in [-0.2, -0.15) is 0 Å². The van der Waals surface area contributed by atoms with E-state index in [0.29, 0.717) is 31.9 Å². The first kappa shape index (κ1) is 15.2. The van der Waals surface area contributed by atoms with Gasteiger partial charge in [-0.3, -0.25) is 4.79 Å². The lowest BCUT2D eigenvalue weighted by atomic mass is 10.2. The van der Waals surface area contributed by atoms with Crippen LogP contribution in [0.3, 0.4) is 0 Å². The lowest BCUT2D eigenvalue weighted by Gasteiger charge is -2.08. The summed E-state index contributed by atoms with van der Waals surface area (Å²) in [5, 5.41) is 2.07. The fourth-order valence-corrected chi connectivity index (χ4v) is 3.27. The first-order valence-electron chi connectivity index (χ1n) is 6.39. The highest BCUT2D eigenvalue weighted by Crippen LogP contribution is 2.23. The van der Waals surface area contributed by atoms with Crippen LogP contribution in [-0.4, -0.2) is 9.66 Å². The smallest absolute Gasteiger partial charge is 0.280 e. The van der Waals surface area contributed by atoms with E-state index < -0.39 is 0 Å². The highest BCUT2D eigenvalue weighted by Gasteiger charge is 2.10. The summed E-state index contributed by atoms with van der Waals surface area (Å²) in [6.07, 6.45) is 0. The van der Waals surface area contributed by atoms with E-state index in [1.165, 1.54) is 11.8 Å². The highest BCUT2D eigenvalue weighted by atomic mass is 35.5. The maximum absolute atomic E-state index is 12.2. The normalized spacial score (nSPS) is 11.0. The van der Waals surface area contributed by atoms with E-state index in [1.54, 1.807) is 18.2 Å². The predicted molar refractivity (Wildman–Crippen MR) is 92.2 cm³/mol. The molecule has 3 aromatic rings. The van der Waals surface area contributed by atoms with Crippen LogP contribution in [-0.2, 0) is 5.75 Å². The molecule has 2 N–H and O–H groups in total. The quantitative estimate of drug-likeness (QED) is 0.443. The van der Waals surface area contributed by atoms with Crippen molar-refractivity contribution in [1.82, 2.24) is 9.66 Å². The van der Waals surface area contributed by atoms with Gasteiger partial charge in [0, 0.05) is 15.8 Å². The van der Waals surface area contributed by atoms with Crippen LogP contribution in [0.15, 0.2) is 52.4 Å². The Morgan fingerprint density at radius 2 is 1.91 bits per heavy atom. The number of fused-ring (bicyclic) bond motifs is 1. The van der Waals surface area contributed by atoms with Crippen LogP contribution in [0.2, 0.25) is 10.0 Å². The lowest BCUT2D eigenvalue weighted by Crippen LogP contribution is -2.29. The molecule has 0 amide bonds. The van der Waals surface area contributed by atoms with Gasteiger partial charge in [0.05, 0.1) is 10.9 Å². The number of aromatic nitrogens is 2. The van der Waals surface area contributed by atoms with Gasteiger partial charge in [-0.15, -0.1) is 0 Å². The molecule has 0 radical (unpaired) electrons. The van der Waals surface area contributed by atoms with Crippen LogP contribution >= 0.6 is 35.0 Å². The van der Waals surface area contributed by atoms with Gasteiger partial charge in [-0.1, -0.05) is 47.1 Å². The fraction of sp³-hybridized carbons (Fsp3) is 0.0667. The Morgan fingerprint density at radius 1 is 1.14 bits per heavy atom. The van der Waals surface area contributed by atoms with E-state index in [4.69, 9.17) is 29.0 Å². The number of nitrogen functional groups attached to an aromatic ring is 1. The molecule has 0 atom stereocenters. The van der Waals surface area contributed by atoms with Gasteiger partial charge < -0.3 is 5.84 Å². The van der Waals surface area contributed by atoms with Gasteiger partial charge in [0.25, 0.3) is 5.56 Å². The van der Waals surface area contributed by atoms with Crippen LogP contribution in [0, 0.1) is 0 Å². The van der Waals surface area contributed by atoms with Crippen LogP contribution in [0.1, 0.15) is 5.56 Å². The van der Waals surface area contributed by atoms with E-state index in [0.717, 1.165) is 10.2 Å². The van der Waals surface area contributed by atoms with Gasteiger partial charge in [-0.25, -0.2) is 9.66 Å². The molecule has 3 rings (SSSR count). The van der Waals surface area contributed by atoms with Crippen LogP contribution in [0.5, 0.6) is 0 Å². The molecule has 1 heterocycles. The largest absolute Gasteiger partial charge is 0.334 e. The fourth-order valence-electron chi connectivity index (χ4n) is 2.03. The van der Waals surface area contributed by atoms with Crippen molar-refractivity contribution in [2.45, 2.75) is 10.9 Å². The Bertz CT molecular complexity index is 911. The average Bonchev–Trinajstić information content (AvgIpc) is 2.49. The second-order valence-corrected chi connectivity index (χ2v) is 6.46. The number of benzene rings is 2. The third-order valence-electron chi connectivity index (χ3n) is 3.09. The molecule has 0 aliphatic rings. The molecule has 0 saturated carbocycles. The SMILES string of the molecule is Nn1c(SCc2cccc(Cl)c2)nc2cc(Cl)ccc2c1=O. The zero-order valence-corrected chi connectivity index (χ0v) is 13.6. The topological polar surface area (TPSA) is 60.9 Å². The monoisotopic (exact) mass is 351 g/mol. The molecule has 1 aromatic heterocycles. The summed E-state index contributed by atoms with van der Waals surface area (Å²) in [6, 6.07) is 12.4. The Morgan fingerprint density at radius 3 is 2.68 bits per heavy atom. The van der Waals surface area contributed by atoms with Crippen molar-refractivity contribution in [3.63, 3.8) is 0 Å². The third kappa shape index (κ3) is 3.06. The maximum atomic E-state index is 12.2. The third-order valence-corrected chi connectivity index (χ3v) is 4.58. The summed E-state index contributed by atoms with van der Waals surface area (Å²) in [7, 11) is 0. The first-order valence-corrected chi connectivity index (χ1v) is 8.13. The van der Waals surface area contributed by atoms with Crippen molar-refractivity contribution in [3.8, 4) is 0 Å². The molecule has 112 valence electrons. The number of halogens is 2. The predicted octanol–water partition coefficient (Wildman–Crippen LogP) is 3.71. The molecule has 7 heteroatoms. The summed E-state index contributed by atoms with van der Waals surface area (Å²) in [5.74, 6) is 6.45. The number of nitrogens with zero attached hydrogens (tertiary/aromatic N) is 2. The van der Waals surface area contributed by atoms with E-state index in [1.807, 2.05) is 24.3 Å². The highest BCUT2D eigenvalue weighted by molar-refractivity contribution is 7.98. The van der Waals surface area contributed by atoms with E-state index in [9.17, 15) is 4.79 Å². The number of thioether (sulfide) groups is 1. The van der Waals surface area contributed by atoms with Crippen LogP contribution in [0.25, 0.3) is 10.9 Å². The Kier molecular flexibility index (Phi) is 4.29. The Hall–Kier alpha value is -1.69. The van der Waals surface area contributed by atoms with Gasteiger partial charge in [0.15, 0.2) is 5.16 Å². The summed E-state index contributed by atoms with van der Waals surface area (Å²) in [5.41, 5.74) is 1.26. The van der Waals surface area contributed by atoms with Gasteiger partial charge in [0.2, 0.25) is 0 Å². The summed E-state index contributed by atoms with van der Waals surface area (Å²) in [4.78, 5) is 16.7. The molecule has 0 spiro atoms. The number of hydrogen-bond acceptors (Lipinski definition) is 4. The molecule has 0 aliphatic carbocycles. The molecule has 2 aromatic carbocycles. The standard InChI is InChI=1S/C15H11Cl2N3OS/c16-10-3-1-2-9(6-10)8-22-15-19-13-7-11(17)4-5-12(13)14(21)20(15)18/h1-7H,8,18H2. The molecular formula is C15H11Cl2N3OS. The summed E-state index contributed by atoms with van der Waals surface area (Å²) in [6.45, 7) is 0. The first-order chi connectivity index (χ1) is 10.5. The molecule has 0 aliphatic heterocycles. The van der Waals surface area contributed by atoms with Crippen molar-refractivity contribution in [2.75, 3.05) is 5.84 Å². The molecule has 22 heavy (non-hydrogen) atoms. The minimum absolute atomic E-state index is 0.296. The van der Waals surface area contributed by atoms with Crippen LogP contribution in [0.4, 0.5) is 0 Å². The van der Waals surface area contributed by atoms with Crippen molar-refractivity contribution >= 4 is 45.9 Å². The van der Waals surface area contributed by atoms with Crippen molar-refractivity contribution in [3.05, 3.63) is 68.4 Å². The second-order valence-electron chi connectivity index (χ2n) is 4.65. The minimum atomic E-state index is -0.296. The number of nitrogens with two attached hydrogens (primary N) is 1. The Balaban J connectivity index is 1.96. The Labute approximate surface area is 140 Å². The average molecular weight is 352 g/mol. The molecule has 4 nitrogen and oxygen atoms in total. The second kappa shape index (κ2) is 6.20. The summed E-state index contributed by atoms with van der Waals surface area (Å²) < 4.78 is 1.06. The van der Waals surface area contributed by atoms with Crippen molar-refractivity contribution in [2.24, 2.45) is 0 Å². The van der Waals surface area contributed by atoms with Gasteiger partial charge >= 0.3 is 0 Å². The molecular weight excluding hydrogens is 341 g/mol. The van der Waals surface area contributed by atoms with E-state index >= 15 is 0 Å². The van der Waals surface area contributed by atoms with Crippen LogP contribution < -0.4 is 11.4 Å². The lowest BCUT2D eigenvalue weighted by molar-refractivity contribution is 0.779. The zero-order chi connectivity index (χ0) is 15.7. The molecule has 0 unspecified atom stereocenters. The molecule has 0 saturated heterocycles. The minimum Gasteiger partial charge on any atom is -0.334 e. The molecule has 0 bridgehead atoms. The van der Waals surface area contributed by atoms with Crippen molar-refractivity contribution < 1.29 is 0 Å². The number of rotatable bonds is 3. The van der Waals surface area contributed by atoms with Gasteiger partial charge in [-0.05, 0) is 35.9 Å². The zero-order valence-electron chi connectivity index (χ0n) is 11.3. The maximum Gasteiger partial charge on any atom is 0.280 e. The molecule has 0 fully saturated rings. The van der Waals surface area contributed by atoms with Gasteiger partial charge in [0.1, 0.15) is 0 Å². The van der Waals surface area contributed by atoms with Crippen molar-refractivity contribution in [1.29, 1.82) is 0 Å². The van der Waals surface area contributed by atoms with E-state index in [2.05, 4.69) is 4.98 Å². The summed E-state index contributed by atoms with van der Waals surface area (Å²) >= 11 is 13.3. The van der Waals surface area contributed by atoms with E-state index in [-0.39, 0.29) is 5.56 Å². The number of hydrogen-bond donors (Lipinski definition) is 1.